The lowest BCUT2D eigenvalue weighted by Gasteiger charge is -2.52. The van der Waals surface area contributed by atoms with Crippen LogP contribution in [0.5, 0.6) is 0 Å². The van der Waals surface area contributed by atoms with Crippen LogP contribution in [-0.4, -0.2) is 58.6 Å². The Labute approximate surface area is 174 Å². The SMILES string of the molecule is NCC12CCC(CC1)N(Cc1ccc3c(c1)C(=O)N(C1CCC(=O)NC1=O)C3=O)C2. The molecular weight excluding hydrogens is 384 g/mol. The predicted octanol–water partition coefficient (Wildman–Crippen LogP) is 0.791. The van der Waals surface area contributed by atoms with Crippen LogP contribution in [0.15, 0.2) is 18.2 Å². The Kier molecular flexibility index (Phi) is 4.52. The van der Waals surface area contributed by atoms with E-state index in [2.05, 4.69) is 10.2 Å². The summed E-state index contributed by atoms with van der Waals surface area (Å²) in [5, 5.41) is 2.22. The van der Waals surface area contributed by atoms with Gasteiger partial charge in [-0.25, -0.2) is 0 Å². The van der Waals surface area contributed by atoms with Crippen molar-refractivity contribution in [3.8, 4) is 0 Å². The number of benzene rings is 1. The normalized spacial score (nSPS) is 31.3. The zero-order valence-electron chi connectivity index (χ0n) is 16.9. The second-order valence-electron chi connectivity index (χ2n) is 9.17. The van der Waals surface area contributed by atoms with Crippen LogP contribution in [0.2, 0.25) is 0 Å². The van der Waals surface area contributed by atoms with Gasteiger partial charge in [-0.05, 0) is 61.8 Å². The Morgan fingerprint density at radius 1 is 1.03 bits per heavy atom. The molecule has 158 valence electrons. The Morgan fingerprint density at radius 2 is 1.77 bits per heavy atom. The number of hydrogen-bond donors (Lipinski definition) is 2. The molecule has 5 aliphatic rings. The maximum absolute atomic E-state index is 13.0. The summed E-state index contributed by atoms with van der Waals surface area (Å²) in [4.78, 5) is 52.9. The van der Waals surface area contributed by atoms with Gasteiger partial charge < -0.3 is 5.73 Å². The van der Waals surface area contributed by atoms with Gasteiger partial charge in [-0.15, -0.1) is 0 Å². The topological polar surface area (TPSA) is 113 Å². The number of amides is 4. The first-order valence-corrected chi connectivity index (χ1v) is 10.7. The molecule has 4 aliphatic heterocycles. The monoisotopic (exact) mass is 410 g/mol. The third kappa shape index (κ3) is 2.97. The average molecular weight is 410 g/mol. The summed E-state index contributed by atoms with van der Waals surface area (Å²) >= 11 is 0. The quantitative estimate of drug-likeness (QED) is 0.710. The van der Waals surface area contributed by atoms with Crippen LogP contribution in [0, 0.1) is 5.41 Å². The molecule has 4 fully saturated rings. The van der Waals surface area contributed by atoms with Gasteiger partial charge in [0, 0.05) is 25.6 Å². The summed E-state index contributed by atoms with van der Waals surface area (Å²) in [6.45, 7) is 2.40. The first-order chi connectivity index (χ1) is 14.4. The van der Waals surface area contributed by atoms with Gasteiger partial charge in [0.05, 0.1) is 11.1 Å². The van der Waals surface area contributed by atoms with E-state index < -0.39 is 23.8 Å². The number of nitrogens with two attached hydrogens (primary N) is 1. The standard InChI is InChI=1S/C22H26N4O4/c23-11-22-7-5-14(6-8-22)25(12-22)10-13-1-2-15-16(9-13)21(30)26(20(15)29)17-3-4-18(27)24-19(17)28/h1-2,9,14,17H,3-8,10-12,23H2,(H,24,27,28). The first kappa shape index (κ1) is 19.4. The van der Waals surface area contributed by atoms with Crippen molar-refractivity contribution < 1.29 is 19.2 Å². The van der Waals surface area contributed by atoms with Crippen molar-refractivity contribution >= 4 is 23.6 Å². The summed E-state index contributed by atoms with van der Waals surface area (Å²) in [5.74, 6) is -1.88. The number of carbonyl (C=O) groups is 4. The second-order valence-corrected chi connectivity index (χ2v) is 9.17. The Hall–Kier alpha value is -2.58. The van der Waals surface area contributed by atoms with E-state index in [4.69, 9.17) is 5.73 Å². The molecule has 1 aromatic carbocycles. The highest BCUT2D eigenvalue weighted by molar-refractivity contribution is 6.23. The second kappa shape index (κ2) is 6.99. The molecule has 4 amide bonds. The predicted molar refractivity (Wildman–Crippen MR) is 107 cm³/mol. The van der Waals surface area contributed by atoms with Gasteiger partial charge in [0.25, 0.3) is 11.8 Å². The van der Waals surface area contributed by atoms with Gasteiger partial charge in [0.1, 0.15) is 6.04 Å². The van der Waals surface area contributed by atoms with Gasteiger partial charge >= 0.3 is 0 Å². The molecule has 0 aromatic heterocycles. The molecule has 4 heterocycles. The van der Waals surface area contributed by atoms with E-state index in [-0.39, 0.29) is 24.2 Å². The maximum Gasteiger partial charge on any atom is 0.262 e. The molecule has 2 bridgehead atoms. The Bertz CT molecular complexity index is 950. The number of imide groups is 2. The van der Waals surface area contributed by atoms with E-state index in [1.165, 1.54) is 12.8 Å². The van der Waals surface area contributed by atoms with Crippen LogP contribution in [0.4, 0.5) is 0 Å². The zero-order chi connectivity index (χ0) is 21.0. The number of rotatable bonds is 4. The highest BCUT2D eigenvalue weighted by Crippen LogP contribution is 2.44. The highest BCUT2D eigenvalue weighted by atomic mass is 16.2. The van der Waals surface area contributed by atoms with Crippen LogP contribution < -0.4 is 11.1 Å². The van der Waals surface area contributed by atoms with Crippen molar-refractivity contribution in [2.75, 3.05) is 13.1 Å². The largest absolute Gasteiger partial charge is 0.330 e. The smallest absolute Gasteiger partial charge is 0.262 e. The summed E-state index contributed by atoms with van der Waals surface area (Å²) < 4.78 is 0. The zero-order valence-corrected chi connectivity index (χ0v) is 16.9. The first-order valence-electron chi connectivity index (χ1n) is 10.7. The van der Waals surface area contributed by atoms with Gasteiger partial charge in [-0.3, -0.25) is 34.3 Å². The third-order valence-corrected chi connectivity index (χ3v) is 7.39. The molecule has 3 saturated heterocycles. The molecule has 0 radical (unpaired) electrons. The molecule has 6 rings (SSSR count). The van der Waals surface area contributed by atoms with Crippen molar-refractivity contribution in [1.29, 1.82) is 0 Å². The Morgan fingerprint density at radius 3 is 2.47 bits per heavy atom. The van der Waals surface area contributed by atoms with Gasteiger partial charge in [0.2, 0.25) is 11.8 Å². The van der Waals surface area contributed by atoms with E-state index in [0.29, 0.717) is 23.7 Å². The summed E-state index contributed by atoms with van der Waals surface area (Å²) in [6.07, 6.45) is 4.96. The van der Waals surface area contributed by atoms with Crippen LogP contribution >= 0.6 is 0 Å². The molecule has 1 unspecified atom stereocenters. The van der Waals surface area contributed by atoms with Gasteiger partial charge in [0.15, 0.2) is 0 Å². The van der Waals surface area contributed by atoms with Crippen LogP contribution in [0.1, 0.15) is 64.8 Å². The van der Waals surface area contributed by atoms with Crippen LogP contribution in [-0.2, 0) is 16.1 Å². The lowest BCUT2D eigenvalue weighted by atomic mass is 9.67. The number of piperidine rings is 3. The van der Waals surface area contributed by atoms with Crippen LogP contribution in [0.3, 0.4) is 0 Å². The van der Waals surface area contributed by atoms with E-state index in [1.54, 1.807) is 12.1 Å². The summed E-state index contributed by atoms with van der Waals surface area (Å²) in [7, 11) is 0. The van der Waals surface area contributed by atoms with Crippen molar-refractivity contribution in [1.82, 2.24) is 15.1 Å². The van der Waals surface area contributed by atoms with Gasteiger partial charge in [-0.1, -0.05) is 6.07 Å². The van der Waals surface area contributed by atoms with E-state index in [1.807, 2.05) is 6.07 Å². The highest BCUT2D eigenvalue weighted by Gasteiger charge is 2.46. The molecule has 0 spiro atoms. The van der Waals surface area contributed by atoms with E-state index >= 15 is 0 Å². The van der Waals surface area contributed by atoms with Crippen LogP contribution in [0.25, 0.3) is 0 Å². The minimum Gasteiger partial charge on any atom is -0.330 e. The molecule has 8 heteroatoms. The molecular formula is C22H26N4O4. The molecule has 1 aliphatic carbocycles. The molecule has 30 heavy (non-hydrogen) atoms. The number of nitrogens with zero attached hydrogens (tertiary/aromatic N) is 2. The number of hydrogen-bond acceptors (Lipinski definition) is 6. The molecule has 3 N–H and O–H groups in total. The minimum atomic E-state index is -0.930. The lowest BCUT2D eigenvalue weighted by Crippen LogP contribution is -2.56. The van der Waals surface area contributed by atoms with Crippen molar-refractivity contribution in [2.45, 2.75) is 57.2 Å². The fourth-order valence-corrected chi connectivity index (χ4v) is 5.60. The fraction of sp³-hybridized carbons (Fsp3) is 0.545. The molecule has 1 atom stereocenters. The summed E-state index contributed by atoms with van der Waals surface area (Å²) in [6, 6.07) is 5.00. The summed E-state index contributed by atoms with van der Waals surface area (Å²) in [5.41, 5.74) is 7.94. The number of fused-ring (bicyclic) bond motifs is 4. The van der Waals surface area contributed by atoms with Crippen molar-refractivity contribution in [3.05, 3.63) is 34.9 Å². The average Bonchev–Trinajstić information content (AvgIpc) is 2.99. The Balaban J connectivity index is 1.36. The van der Waals surface area contributed by atoms with E-state index in [0.717, 1.165) is 36.4 Å². The molecule has 8 nitrogen and oxygen atoms in total. The van der Waals surface area contributed by atoms with Gasteiger partial charge in [-0.2, -0.15) is 0 Å². The lowest BCUT2D eigenvalue weighted by molar-refractivity contribution is -0.136. The maximum atomic E-state index is 13.0. The number of carbonyl (C=O) groups excluding carboxylic acids is 4. The van der Waals surface area contributed by atoms with E-state index in [9.17, 15) is 19.2 Å². The molecule has 1 aromatic rings. The molecule has 1 saturated carbocycles. The minimum absolute atomic E-state index is 0.119. The number of nitrogens with one attached hydrogen (secondary N) is 1. The van der Waals surface area contributed by atoms with Crippen molar-refractivity contribution in [3.63, 3.8) is 0 Å². The third-order valence-electron chi connectivity index (χ3n) is 7.39. The van der Waals surface area contributed by atoms with Crippen molar-refractivity contribution in [2.24, 2.45) is 11.1 Å². The fourth-order valence-electron chi connectivity index (χ4n) is 5.60.